The van der Waals surface area contributed by atoms with Gasteiger partial charge in [0.05, 0.1) is 4.92 Å². The minimum Gasteiger partial charge on any atom is -0.508 e. The van der Waals surface area contributed by atoms with Crippen molar-refractivity contribution in [3.8, 4) is 5.75 Å². The lowest BCUT2D eigenvalue weighted by atomic mass is 10.2. The molecule has 1 aromatic carbocycles. The van der Waals surface area contributed by atoms with Crippen molar-refractivity contribution in [2.24, 2.45) is 0 Å². The first-order chi connectivity index (χ1) is 5.65. The summed E-state index contributed by atoms with van der Waals surface area (Å²) in [5, 5.41) is 19.4. The molecule has 0 bridgehead atoms. The highest BCUT2D eigenvalue weighted by atomic mass is 32.1. The molecule has 0 spiro atoms. The van der Waals surface area contributed by atoms with Gasteiger partial charge in [-0.05, 0) is 12.1 Å². The second-order valence-corrected chi connectivity index (χ2v) is 2.54. The number of nitro groups is 1. The zero-order chi connectivity index (χ0) is 9.14. The Morgan fingerprint density at radius 3 is 2.75 bits per heavy atom. The Bertz CT molecular complexity index is 314. The van der Waals surface area contributed by atoms with Crippen molar-refractivity contribution >= 4 is 18.3 Å². The number of nitro benzene ring substituents is 1. The molecule has 4 nitrogen and oxygen atoms in total. The van der Waals surface area contributed by atoms with Crippen LogP contribution < -0.4 is 0 Å². The fourth-order valence-corrected chi connectivity index (χ4v) is 1.13. The van der Waals surface area contributed by atoms with Crippen molar-refractivity contribution in [3.63, 3.8) is 0 Å². The fraction of sp³-hybridized carbons (Fsp3) is 0.143. The Labute approximate surface area is 74.4 Å². The van der Waals surface area contributed by atoms with Crippen molar-refractivity contribution < 1.29 is 10.0 Å². The van der Waals surface area contributed by atoms with Gasteiger partial charge in [0.25, 0.3) is 5.69 Å². The fourth-order valence-electron chi connectivity index (χ4n) is 0.877. The van der Waals surface area contributed by atoms with Gasteiger partial charge >= 0.3 is 0 Å². The summed E-state index contributed by atoms with van der Waals surface area (Å²) in [6.45, 7) is 0. The van der Waals surface area contributed by atoms with Crippen molar-refractivity contribution in [1.82, 2.24) is 0 Å². The van der Waals surface area contributed by atoms with Crippen molar-refractivity contribution in [3.05, 3.63) is 33.9 Å². The maximum Gasteiger partial charge on any atom is 0.273 e. The molecule has 0 aliphatic heterocycles. The molecular weight excluding hydrogens is 178 g/mol. The minimum absolute atomic E-state index is 0.0113. The Morgan fingerprint density at radius 2 is 2.25 bits per heavy atom. The number of nitrogens with zero attached hydrogens (tertiary/aromatic N) is 1. The highest BCUT2D eigenvalue weighted by Crippen LogP contribution is 2.24. The van der Waals surface area contributed by atoms with E-state index in [1.54, 1.807) is 0 Å². The lowest BCUT2D eigenvalue weighted by molar-refractivity contribution is -0.385. The van der Waals surface area contributed by atoms with Gasteiger partial charge in [0.15, 0.2) is 0 Å². The van der Waals surface area contributed by atoms with E-state index in [1.165, 1.54) is 18.2 Å². The third kappa shape index (κ3) is 1.68. The number of phenols is 1. The van der Waals surface area contributed by atoms with Gasteiger partial charge in [0.1, 0.15) is 5.75 Å². The molecule has 0 heterocycles. The third-order valence-electron chi connectivity index (χ3n) is 1.43. The predicted octanol–water partition coefficient (Wildman–Crippen LogP) is 1.73. The molecule has 0 unspecified atom stereocenters. The number of aromatic hydroxyl groups is 1. The summed E-state index contributed by atoms with van der Waals surface area (Å²) in [5.74, 6) is 0.259. The zero-order valence-electron chi connectivity index (χ0n) is 6.10. The molecule has 0 atom stereocenters. The number of rotatable bonds is 2. The first-order valence-corrected chi connectivity index (χ1v) is 3.85. The van der Waals surface area contributed by atoms with Gasteiger partial charge in [-0.2, -0.15) is 12.6 Å². The summed E-state index contributed by atoms with van der Waals surface area (Å²) in [6, 6.07) is 3.89. The van der Waals surface area contributed by atoms with E-state index in [0.29, 0.717) is 5.56 Å². The van der Waals surface area contributed by atoms with Crippen LogP contribution in [0, 0.1) is 10.1 Å². The van der Waals surface area contributed by atoms with Gasteiger partial charge in [-0.15, -0.1) is 0 Å². The van der Waals surface area contributed by atoms with E-state index in [0.717, 1.165) is 0 Å². The Hall–Kier alpha value is -1.23. The van der Waals surface area contributed by atoms with Gasteiger partial charge < -0.3 is 5.11 Å². The number of thiol groups is 1. The van der Waals surface area contributed by atoms with Crippen LogP contribution in [0.15, 0.2) is 18.2 Å². The maximum absolute atomic E-state index is 10.4. The Balaban J connectivity index is 3.20. The van der Waals surface area contributed by atoms with E-state index in [4.69, 9.17) is 5.11 Å². The van der Waals surface area contributed by atoms with Crippen LogP contribution in [0.1, 0.15) is 5.56 Å². The summed E-state index contributed by atoms with van der Waals surface area (Å²) < 4.78 is 0. The molecular formula is C7H7NO3S. The molecule has 0 aliphatic carbocycles. The lowest BCUT2D eigenvalue weighted by Crippen LogP contribution is -1.92. The topological polar surface area (TPSA) is 63.4 Å². The molecule has 1 aromatic rings. The van der Waals surface area contributed by atoms with E-state index in [1.807, 2.05) is 0 Å². The summed E-state index contributed by atoms with van der Waals surface area (Å²) in [7, 11) is 0. The molecule has 0 fully saturated rings. The molecule has 0 amide bonds. The summed E-state index contributed by atoms with van der Waals surface area (Å²) in [5.41, 5.74) is 0.408. The van der Waals surface area contributed by atoms with Crippen LogP contribution in [0.2, 0.25) is 0 Å². The van der Waals surface area contributed by atoms with Crippen LogP contribution >= 0.6 is 12.6 Å². The van der Waals surface area contributed by atoms with Crippen LogP contribution in [-0.2, 0) is 5.75 Å². The zero-order valence-corrected chi connectivity index (χ0v) is 6.99. The van der Waals surface area contributed by atoms with E-state index in [-0.39, 0.29) is 17.2 Å². The molecule has 1 N–H and O–H groups in total. The maximum atomic E-state index is 10.4. The second kappa shape index (κ2) is 3.44. The largest absolute Gasteiger partial charge is 0.508 e. The molecule has 0 aromatic heterocycles. The molecule has 12 heavy (non-hydrogen) atoms. The van der Waals surface area contributed by atoms with E-state index >= 15 is 0 Å². The van der Waals surface area contributed by atoms with Crippen LogP contribution in [0.5, 0.6) is 5.75 Å². The van der Waals surface area contributed by atoms with Gasteiger partial charge in [0, 0.05) is 17.4 Å². The smallest absolute Gasteiger partial charge is 0.273 e. The van der Waals surface area contributed by atoms with E-state index in [9.17, 15) is 10.1 Å². The number of hydrogen-bond acceptors (Lipinski definition) is 4. The molecule has 64 valence electrons. The van der Waals surface area contributed by atoms with Crippen molar-refractivity contribution in [1.29, 1.82) is 0 Å². The van der Waals surface area contributed by atoms with Crippen LogP contribution in [0.3, 0.4) is 0 Å². The third-order valence-corrected chi connectivity index (χ3v) is 1.77. The van der Waals surface area contributed by atoms with Gasteiger partial charge in [0.2, 0.25) is 0 Å². The predicted molar refractivity (Wildman–Crippen MR) is 47.5 cm³/mol. The molecule has 5 heteroatoms. The molecule has 0 aliphatic rings. The highest BCUT2D eigenvalue weighted by Gasteiger charge is 2.11. The summed E-state index contributed by atoms with van der Waals surface area (Å²) >= 11 is 3.91. The van der Waals surface area contributed by atoms with Crippen molar-refractivity contribution in [2.45, 2.75) is 5.75 Å². The molecule has 0 saturated heterocycles. The Kier molecular flexibility index (Phi) is 2.54. The van der Waals surface area contributed by atoms with E-state index < -0.39 is 4.92 Å². The van der Waals surface area contributed by atoms with E-state index in [2.05, 4.69) is 12.6 Å². The van der Waals surface area contributed by atoms with Crippen LogP contribution in [-0.4, -0.2) is 10.0 Å². The highest BCUT2D eigenvalue weighted by molar-refractivity contribution is 7.79. The van der Waals surface area contributed by atoms with Gasteiger partial charge in [-0.3, -0.25) is 10.1 Å². The van der Waals surface area contributed by atoms with Crippen LogP contribution in [0.25, 0.3) is 0 Å². The van der Waals surface area contributed by atoms with Gasteiger partial charge in [-0.1, -0.05) is 0 Å². The summed E-state index contributed by atoms with van der Waals surface area (Å²) in [6.07, 6.45) is 0. The Morgan fingerprint density at radius 1 is 1.58 bits per heavy atom. The average Bonchev–Trinajstić information content (AvgIpc) is 2.03. The van der Waals surface area contributed by atoms with Gasteiger partial charge in [-0.25, -0.2) is 0 Å². The molecule has 1 rings (SSSR count). The molecule has 0 radical (unpaired) electrons. The second-order valence-electron chi connectivity index (χ2n) is 2.23. The number of benzene rings is 1. The average molecular weight is 185 g/mol. The number of hydrogen-bond donors (Lipinski definition) is 2. The summed E-state index contributed by atoms with van der Waals surface area (Å²) in [4.78, 5) is 9.89. The lowest BCUT2D eigenvalue weighted by Gasteiger charge is -1.98. The quantitative estimate of drug-likeness (QED) is 0.419. The monoisotopic (exact) mass is 185 g/mol. The first-order valence-electron chi connectivity index (χ1n) is 3.22. The molecule has 0 saturated carbocycles. The normalized spacial score (nSPS) is 9.75. The minimum atomic E-state index is -0.495. The SMILES string of the molecule is O=[N+]([O-])c1ccc(O)cc1CS. The number of phenolic OH excluding ortho intramolecular Hbond substituents is 1. The standard InChI is InChI=1S/C7H7NO3S/c9-6-1-2-7(8(10)11)5(3-6)4-12/h1-3,9,12H,4H2. The van der Waals surface area contributed by atoms with Crippen molar-refractivity contribution in [2.75, 3.05) is 0 Å². The first kappa shape index (κ1) is 8.86. The van der Waals surface area contributed by atoms with Crippen LogP contribution in [0.4, 0.5) is 5.69 Å².